The Hall–Kier alpha value is -3.62. The van der Waals surface area contributed by atoms with Gasteiger partial charge in [0.1, 0.15) is 24.4 Å². The smallest absolute Gasteiger partial charge is 0.344 e. The van der Waals surface area contributed by atoms with Gasteiger partial charge in [0.2, 0.25) is 24.6 Å². The zero-order valence-electron chi connectivity index (χ0n) is 17.9. The van der Waals surface area contributed by atoms with Gasteiger partial charge in [0.05, 0.1) is 24.5 Å². The minimum atomic E-state index is -1.73. The summed E-state index contributed by atoms with van der Waals surface area (Å²) in [6.07, 6.45) is -7.84. The number of hydrogen-bond donors (Lipinski definition) is 4. The van der Waals surface area contributed by atoms with Crippen LogP contribution in [0.5, 0.6) is 23.0 Å². The van der Waals surface area contributed by atoms with E-state index in [2.05, 4.69) is 0 Å². The summed E-state index contributed by atoms with van der Waals surface area (Å²) in [6.45, 7) is -0.788. The summed E-state index contributed by atoms with van der Waals surface area (Å²) in [5, 5.41) is 40.4. The van der Waals surface area contributed by atoms with Gasteiger partial charge >= 0.3 is 11.3 Å². The second-order valence-electron chi connectivity index (χ2n) is 8.12. The van der Waals surface area contributed by atoms with Crippen molar-refractivity contribution in [1.29, 1.82) is 0 Å². The molecule has 184 valence electrons. The molecular formula is C22H18O13. The summed E-state index contributed by atoms with van der Waals surface area (Å²) < 4.78 is 38.3. The number of fused-ring (bicyclic) bond motifs is 2. The van der Waals surface area contributed by atoms with E-state index in [1.807, 2.05) is 0 Å². The lowest BCUT2D eigenvalue weighted by atomic mass is 9.99. The Kier molecular flexibility index (Phi) is 4.81. The van der Waals surface area contributed by atoms with Gasteiger partial charge in [-0.25, -0.2) is 9.59 Å². The first kappa shape index (κ1) is 21.9. The number of hydrogen-bond acceptors (Lipinski definition) is 13. The molecule has 13 heteroatoms. The highest BCUT2D eigenvalue weighted by molar-refractivity contribution is 6.22. The molecule has 6 rings (SSSR count). The minimum absolute atomic E-state index is 0.00931. The maximum Gasteiger partial charge on any atom is 0.344 e. The number of aliphatic hydroxyl groups excluding tert-OH is 4. The van der Waals surface area contributed by atoms with Crippen molar-refractivity contribution in [2.75, 3.05) is 20.5 Å². The molecule has 0 radical (unpaired) electrons. The van der Waals surface area contributed by atoms with Crippen molar-refractivity contribution >= 4 is 32.7 Å². The number of benzene rings is 2. The average molecular weight is 490 g/mol. The molecule has 2 aromatic heterocycles. The van der Waals surface area contributed by atoms with Crippen molar-refractivity contribution in [3.05, 3.63) is 33.0 Å². The third-order valence-corrected chi connectivity index (χ3v) is 6.20. The van der Waals surface area contributed by atoms with Gasteiger partial charge < -0.3 is 52.9 Å². The maximum absolute atomic E-state index is 13.0. The normalized spacial score (nSPS) is 26.1. The average Bonchev–Trinajstić information content (AvgIpc) is 3.32. The highest BCUT2D eigenvalue weighted by Crippen LogP contribution is 2.47. The fourth-order valence-electron chi connectivity index (χ4n) is 4.51. The van der Waals surface area contributed by atoms with Gasteiger partial charge in [0.25, 0.3) is 0 Å². The molecule has 0 spiro atoms. The quantitative estimate of drug-likeness (QED) is 0.210. The summed E-state index contributed by atoms with van der Waals surface area (Å²) in [5.41, 5.74) is -1.73. The molecule has 4 aromatic rings. The molecule has 2 aliphatic rings. The Morgan fingerprint density at radius 1 is 0.943 bits per heavy atom. The van der Waals surface area contributed by atoms with E-state index in [1.165, 1.54) is 19.2 Å². The summed E-state index contributed by atoms with van der Waals surface area (Å²) >= 11 is 0. The van der Waals surface area contributed by atoms with Crippen molar-refractivity contribution in [1.82, 2.24) is 0 Å². The molecule has 4 N–H and O–H groups in total. The molecular weight excluding hydrogens is 472 g/mol. The Labute approximate surface area is 193 Å². The van der Waals surface area contributed by atoms with E-state index in [9.17, 15) is 30.0 Å². The van der Waals surface area contributed by atoms with Crippen LogP contribution in [0.3, 0.4) is 0 Å². The first-order valence-electron chi connectivity index (χ1n) is 10.5. The van der Waals surface area contributed by atoms with E-state index in [-0.39, 0.29) is 62.5 Å². The lowest BCUT2D eigenvalue weighted by Crippen LogP contribution is -2.60. The minimum Gasteiger partial charge on any atom is -0.490 e. The van der Waals surface area contributed by atoms with Gasteiger partial charge in [-0.1, -0.05) is 0 Å². The zero-order chi connectivity index (χ0) is 24.6. The molecule has 13 nitrogen and oxygen atoms in total. The van der Waals surface area contributed by atoms with Crippen molar-refractivity contribution in [3.63, 3.8) is 0 Å². The van der Waals surface area contributed by atoms with Crippen molar-refractivity contribution in [2.24, 2.45) is 0 Å². The summed E-state index contributed by atoms with van der Waals surface area (Å²) in [5.74, 6) is 0.0925. The second kappa shape index (κ2) is 7.69. The predicted molar refractivity (Wildman–Crippen MR) is 114 cm³/mol. The molecule has 35 heavy (non-hydrogen) atoms. The standard InChI is InChI=1S/C22H18O13/c1-29-16-9(32-22-15(26)14(25)13(24)10(4-23)33-22)3-7-11-12-6(20(27)34-18(11)16)2-8-17(31-5-30-8)19(12)35-21(7)28/h2-3,10,13-15,22-26H,4-5H2,1H3/t10-,13-,14-,15-,22-/m0/s1. The number of ether oxygens (including phenoxy) is 5. The molecule has 0 unspecified atom stereocenters. The molecule has 2 aromatic carbocycles. The highest BCUT2D eigenvalue weighted by Gasteiger charge is 2.45. The van der Waals surface area contributed by atoms with E-state index in [1.54, 1.807) is 0 Å². The molecule has 0 aliphatic carbocycles. The lowest BCUT2D eigenvalue weighted by Gasteiger charge is -2.39. The van der Waals surface area contributed by atoms with Crippen LogP contribution in [0.2, 0.25) is 0 Å². The maximum atomic E-state index is 13.0. The molecule has 0 amide bonds. The van der Waals surface area contributed by atoms with Crippen molar-refractivity contribution in [3.8, 4) is 23.0 Å². The topological polar surface area (TPSA) is 187 Å². The molecule has 2 aliphatic heterocycles. The van der Waals surface area contributed by atoms with Crippen LogP contribution in [-0.4, -0.2) is 71.6 Å². The second-order valence-corrected chi connectivity index (χ2v) is 8.12. The fourth-order valence-corrected chi connectivity index (χ4v) is 4.51. The van der Waals surface area contributed by atoms with E-state index in [4.69, 9.17) is 32.5 Å². The van der Waals surface area contributed by atoms with Crippen molar-refractivity contribution < 1.29 is 52.9 Å². The van der Waals surface area contributed by atoms with Crippen LogP contribution >= 0.6 is 0 Å². The van der Waals surface area contributed by atoms with Crippen LogP contribution in [-0.2, 0) is 4.74 Å². The van der Waals surface area contributed by atoms with Crippen LogP contribution in [0, 0.1) is 0 Å². The number of rotatable bonds is 4. The number of methoxy groups -OCH3 is 1. The van der Waals surface area contributed by atoms with Crippen LogP contribution < -0.4 is 30.2 Å². The van der Waals surface area contributed by atoms with E-state index in [0.717, 1.165) is 0 Å². The van der Waals surface area contributed by atoms with Gasteiger partial charge in [-0.2, -0.15) is 0 Å². The van der Waals surface area contributed by atoms with Crippen LogP contribution in [0.15, 0.2) is 30.6 Å². The monoisotopic (exact) mass is 490 g/mol. The van der Waals surface area contributed by atoms with Gasteiger partial charge in [0, 0.05) is 10.8 Å². The van der Waals surface area contributed by atoms with Gasteiger partial charge in [-0.15, -0.1) is 0 Å². The number of aliphatic hydroxyl groups is 4. The third kappa shape index (κ3) is 3.00. The van der Waals surface area contributed by atoms with Gasteiger partial charge in [0.15, 0.2) is 22.7 Å². The Morgan fingerprint density at radius 2 is 1.63 bits per heavy atom. The van der Waals surface area contributed by atoms with E-state index in [0.29, 0.717) is 0 Å². The first-order valence-corrected chi connectivity index (χ1v) is 10.5. The molecule has 1 fully saturated rings. The third-order valence-electron chi connectivity index (χ3n) is 6.20. The van der Waals surface area contributed by atoms with E-state index < -0.39 is 48.6 Å². The Bertz CT molecular complexity index is 1570. The summed E-state index contributed by atoms with van der Waals surface area (Å²) in [7, 11) is 1.27. The van der Waals surface area contributed by atoms with E-state index >= 15 is 0 Å². The lowest BCUT2D eigenvalue weighted by molar-refractivity contribution is -0.277. The zero-order valence-corrected chi connectivity index (χ0v) is 17.9. The Balaban J connectivity index is 1.59. The van der Waals surface area contributed by atoms with Crippen LogP contribution in [0.25, 0.3) is 32.7 Å². The summed E-state index contributed by atoms with van der Waals surface area (Å²) in [6, 6.07) is 2.68. The fraction of sp³-hybridized carbons (Fsp3) is 0.364. The molecule has 5 atom stereocenters. The van der Waals surface area contributed by atoms with Gasteiger partial charge in [-0.05, 0) is 12.1 Å². The van der Waals surface area contributed by atoms with Crippen LogP contribution in [0.4, 0.5) is 0 Å². The predicted octanol–water partition coefficient (Wildman–Crippen LogP) is -0.594. The van der Waals surface area contributed by atoms with Gasteiger partial charge in [-0.3, -0.25) is 0 Å². The molecule has 1 saturated heterocycles. The SMILES string of the molecule is COc1c(O[C@H]2O[C@@H](CO)[C@H](O)[C@H](O)[C@@H]2O)cc2c(=O)oc3c4c(cc5c(=O)oc1c2c35)OCO4. The highest BCUT2D eigenvalue weighted by atomic mass is 16.7. The molecule has 4 heterocycles. The van der Waals surface area contributed by atoms with Crippen LogP contribution in [0.1, 0.15) is 0 Å². The largest absolute Gasteiger partial charge is 0.490 e. The van der Waals surface area contributed by atoms with Crippen molar-refractivity contribution in [2.45, 2.75) is 30.7 Å². The molecule has 0 bridgehead atoms. The Morgan fingerprint density at radius 3 is 2.34 bits per heavy atom. The first-order chi connectivity index (χ1) is 16.8. The summed E-state index contributed by atoms with van der Waals surface area (Å²) in [4.78, 5) is 25.9. The molecule has 0 saturated carbocycles.